The van der Waals surface area contributed by atoms with E-state index < -0.39 is 5.97 Å². The number of thiazole rings is 1. The maximum Gasteiger partial charge on any atom is 0.315 e. The van der Waals surface area contributed by atoms with Crippen molar-refractivity contribution in [3.63, 3.8) is 0 Å². The Kier molecular flexibility index (Phi) is 5.94. The molecule has 0 saturated carbocycles. The number of amides is 2. The first-order valence-corrected chi connectivity index (χ1v) is 7.28. The van der Waals surface area contributed by atoms with E-state index in [9.17, 15) is 9.59 Å². The molecule has 112 valence electrons. The number of carbonyl (C=O) groups excluding carboxylic acids is 1. The molecule has 0 aliphatic rings. The Hall–Kier alpha value is -1.63. The number of nitrogens with one attached hydrogen (secondary N) is 2. The van der Waals surface area contributed by atoms with Crippen molar-refractivity contribution in [2.24, 2.45) is 5.41 Å². The molecule has 2 amide bonds. The van der Waals surface area contributed by atoms with Crippen LogP contribution in [0.5, 0.6) is 0 Å². The number of urea groups is 1. The van der Waals surface area contributed by atoms with Gasteiger partial charge in [-0.15, -0.1) is 11.3 Å². The third-order valence-electron chi connectivity index (χ3n) is 2.52. The van der Waals surface area contributed by atoms with Crippen LogP contribution >= 0.6 is 11.3 Å². The molecule has 0 saturated heterocycles. The molecule has 0 aromatic carbocycles. The summed E-state index contributed by atoms with van der Waals surface area (Å²) in [5, 5.41) is 14.3. The lowest BCUT2D eigenvalue weighted by atomic mass is 9.87. The van der Waals surface area contributed by atoms with E-state index in [1.807, 2.05) is 20.8 Å². The molecule has 3 N–H and O–H groups in total. The first kappa shape index (κ1) is 16.4. The molecule has 1 rings (SSSR count). The van der Waals surface area contributed by atoms with Crippen LogP contribution in [0.25, 0.3) is 0 Å². The van der Waals surface area contributed by atoms with E-state index in [2.05, 4.69) is 15.6 Å². The van der Waals surface area contributed by atoms with E-state index in [1.165, 1.54) is 11.3 Å². The van der Waals surface area contributed by atoms with Gasteiger partial charge in [-0.1, -0.05) is 20.8 Å². The van der Waals surface area contributed by atoms with Gasteiger partial charge in [0.25, 0.3) is 0 Å². The Bertz CT molecular complexity index is 440. The van der Waals surface area contributed by atoms with Gasteiger partial charge in [0.1, 0.15) is 0 Å². The molecule has 0 spiro atoms. The van der Waals surface area contributed by atoms with Crippen LogP contribution < -0.4 is 10.6 Å². The molecule has 0 radical (unpaired) electrons. The number of aromatic nitrogens is 1. The van der Waals surface area contributed by atoms with Crippen molar-refractivity contribution in [2.75, 3.05) is 0 Å². The van der Waals surface area contributed by atoms with Crippen molar-refractivity contribution in [1.82, 2.24) is 15.6 Å². The molecule has 6 nitrogen and oxygen atoms in total. The second-order valence-electron chi connectivity index (χ2n) is 5.85. The van der Waals surface area contributed by atoms with Crippen LogP contribution in [0.15, 0.2) is 11.7 Å². The fraction of sp³-hybridized carbons (Fsp3) is 0.615. The summed E-state index contributed by atoms with van der Waals surface area (Å²) in [4.78, 5) is 27.5. The van der Waals surface area contributed by atoms with Gasteiger partial charge < -0.3 is 15.7 Å². The van der Waals surface area contributed by atoms with Crippen molar-refractivity contribution >= 4 is 23.3 Å². The monoisotopic (exact) mass is 299 g/mol. The number of rotatable bonds is 6. The zero-order chi connectivity index (χ0) is 15.2. The number of hydrogen-bond acceptors (Lipinski definition) is 4. The highest BCUT2D eigenvalue weighted by Gasteiger charge is 2.22. The van der Waals surface area contributed by atoms with Gasteiger partial charge in [-0.05, 0) is 11.8 Å². The molecule has 1 atom stereocenters. The lowest BCUT2D eigenvalue weighted by Gasteiger charge is -2.25. The molecule has 0 aliphatic carbocycles. The highest BCUT2D eigenvalue weighted by Crippen LogP contribution is 2.22. The quantitative estimate of drug-likeness (QED) is 0.751. The Balaban J connectivity index is 2.46. The van der Waals surface area contributed by atoms with Gasteiger partial charge in [0.15, 0.2) is 0 Å². The van der Waals surface area contributed by atoms with Crippen molar-refractivity contribution < 1.29 is 14.7 Å². The van der Waals surface area contributed by atoms with Gasteiger partial charge in [-0.25, -0.2) is 4.79 Å². The third-order valence-corrected chi connectivity index (χ3v) is 3.30. The first-order chi connectivity index (χ1) is 9.26. The van der Waals surface area contributed by atoms with E-state index in [0.29, 0.717) is 13.0 Å². The summed E-state index contributed by atoms with van der Waals surface area (Å²) in [7, 11) is 0. The second kappa shape index (κ2) is 7.23. The van der Waals surface area contributed by atoms with E-state index in [-0.39, 0.29) is 23.9 Å². The van der Waals surface area contributed by atoms with Crippen LogP contribution in [-0.2, 0) is 11.3 Å². The minimum atomic E-state index is -0.915. The van der Waals surface area contributed by atoms with Crippen molar-refractivity contribution in [1.29, 1.82) is 0 Å². The Morgan fingerprint density at radius 3 is 2.65 bits per heavy atom. The topological polar surface area (TPSA) is 91.3 Å². The Labute approximate surface area is 122 Å². The third kappa shape index (κ3) is 7.08. The second-order valence-corrected chi connectivity index (χ2v) is 6.83. The van der Waals surface area contributed by atoms with Crippen LogP contribution in [0.1, 0.15) is 38.5 Å². The number of carbonyl (C=O) groups is 2. The average Bonchev–Trinajstić information content (AvgIpc) is 2.75. The van der Waals surface area contributed by atoms with Gasteiger partial charge in [-0.2, -0.15) is 0 Å². The molecule has 7 heteroatoms. The normalized spacial score (nSPS) is 12.8. The first-order valence-electron chi connectivity index (χ1n) is 6.40. The summed E-state index contributed by atoms with van der Waals surface area (Å²) >= 11 is 1.46. The van der Waals surface area contributed by atoms with Crippen molar-refractivity contribution in [2.45, 2.75) is 46.2 Å². The molecule has 20 heavy (non-hydrogen) atoms. The zero-order valence-electron chi connectivity index (χ0n) is 12.0. The molecule has 1 aromatic heterocycles. The predicted octanol–water partition coefficient (Wildman–Crippen LogP) is 2.22. The fourth-order valence-corrected chi connectivity index (χ4v) is 2.39. The SMILES string of the molecule is CC(C)(C)CC(CC(=O)O)NC(=O)NCc1cncs1. The van der Waals surface area contributed by atoms with Crippen LogP contribution in [0.4, 0.5) is 4.79 Å². The lowest BCUT2D eigenvalue weighted by Crippen LogP contribution is -2.44. The number of hydrogen-bond donors (Lipinski definition) is 3. The molecule has 0 aliphatic heterocycles. The lowest BCUT2D eigenvalue weighted by molar-refractivity contribution is -0.137. The minimum Gasteiger partial charge on any atom is -0.481 e. The summed E-state index contributed by atoms with van der Waals surface area (Å²) in [6.07, 6.45) is 2.22. The minimum absolute atomic E-state index is 0.0505. The van der Waals surface area contributed by atoms with Gasteiger partial charge in [0.05, 0.1) is 18.5 Å². The highest BCUT2D eigenvalue weighted by molar-refractivity contribution is 7.09. The van der Waals surface area contributed by atoms with E-state index in [4.69, 9.17) is 5.11 Å². The van der Waals surface area contributed by atoms with Gasteiger partial charge in [0, 0.05) is 17.1 Å². The zero-order valence-corrected chi connectivity index (χ0v) is 12.8. The average molecular weight is 299 g/mol. The summed E-state index contributed by atoms with van der Waals surface area (Å²) in [6, 6.07) is -0.733. The number of carboxylic acid groups (broad SMARTS) is 1. The van der Waals surface area contributed by atoms with Crippen LogP contribution in [0, 0.1) is 5.41 Å². The smallest absolute Gasteiger partial charge is 0.315 e. The maximum atomic E-state index is 11.8. The molecule has 0 bridgehead atoms. The van der Waals surface area contributed by atoms with Gasteiger partial charge >= 0.3 is 12.0 Å². The summed E-state index contributed by atoms with van der Waals surface area (Å²) < 4.78 is 0. The Morgan fingerprint density at radius 1 is 1.45 bits per heavy atom. The summed E-state index contributed by atoms with van der Waals surface area (Å²) in [6.45, 7) is 6.43. The van der Waals surface area contributed by atoms with Gasteiger partial charge in [0.2, 0.25) is 0 Å². The standard InChI is InChI=1S/C13H21N3O3S/c1-13(2,3)5-9(4-11(17)18)16-12(19)15-7-10-6-14-8-20-10/h6,8-9H,4-5,7H2,1-3H3,(H,17,18)(H2,15,16,19). The van der Waals surface area contributed by atoms with Crippen molar-refractivity contribution in [3.8, 4) is 0 Å². The van der Waals surface area contributed by atoms with Crippen LogP contribution in [0.3, 0.4) is 0 Å². The van der Waals surface area contributed by atoms with E-state index in [0.717, 1.165) is 4.88 Å². The predicted molar refractivity (Wildman–Crippen MR) is 77.6 cm³/mol. The van der Waals surface area contributed by atoms with Crippen LogP contribution in [-0.4, -0.2) is 28.1 Å². The number of aliphatic carboxylic acids is 1. The highest BCUT2D eigenvalue weighted by atomic mass is 32.1. The molecular weight excluding hydrogens is 278 g/mol. The fourth-order valence-electron chi connectivity index (χ4n) is 1.86. The number of nitrogens with zero attached hydrogens (tertiary/aromatic N) is 1. The Morgan fingerprint density at radius 2 is 2.15 bits per heavy atom. The summed E-state index contributed by atoms with van der Waals surface area (Å²) in [5.41, 5.74) is 1.65. The van der Waals surface area contributed by atoms with Crippen LogP contribution in [0.2, 0.25) is 0 Å². The van der Waals surface area contributed by atoms with E-state index in [1.54, 1.807) is 11.7 Å². The number of carboxylic acids is 1. The van der Waals surface area contributed by atoms with E-state index >= 15 is 0 Å². The molecule has 1 unspecified atom stereocenters. The molecular formula is C13H21N3O3S. The van der Waals surface area contributed by atoms with Crippen molar-refractivity contribution in [3.05, 3.63) is 16.6 Å². The van der Waals surface area contributed by atoms with Gasteiger partial charge in [-0.3, -0.25) is 9.78 Å². The molecule has 1 heterocycles. The maximum absolute atomic E-state index is 11.8. The summed E-state index contributed by atoms with van der Waals surface area (Å²) in [5.74, 6) is -0.915. The molecule has 1 aromatic rings. The largest absolute Gasteiger partial charge is 0.481 e. The molecule has 0 fully saturated rings.